The molecule has 0 heterocycles. The van der Waals surface area contributed by atoms with E-state index in [1.165, 1.54) is 5.56 Å². The Morgan fingerprint density at radius 2 is 1.63 bits per heavy atom. The molecule has 0 aliphatic carbocycles. The number of rotatable bonds is 9. The maximum absolute atomic E-state index is 5.89. The molecule has 0 aliphatic rings. The molecule has 0 saturated carbocycles. The molecule has 3 aromatic carbocycles. The number of hydrogen-bond acceptors (Lipinski definition) is 4. The van der Waals surface area contributed by atoms with Crippen LogP contribution in [0.4, 0.5) is 0 Å². The second-order valence-corrected chi connectivity index (χ2v) is 6.94. The lowest BCUT2D eigenvalue weighted by molar-refractivity contribution is 0.297. The van der Waals surface area contributed by atoms with Crippen molar-refractivity contribution in [1.29, 1.82) is 0 Å². The van der Waals surface area contributed by atoms with Gasteiger partial charge in [0.1, 0.15) is 0 Å². The number of nitrogens with zero attached hydrogens (tertiary/aromatic N) is 1. The number of nitrogens with one attached hydrogen (secondary N) is 2. The minimum atomic E-state index is 0.461. The highest BCUT2D eigenvalue weighted by atomic mass is 32.1. The smallest absolute Gasteiger partial charge is 0.187 e. The zero-order chi connectivity index (χ0) is 21.0. The molecule has 30 heavy (non-hydrogen) atoms. The zero-order valence-electron chi connectivity index (χ0n) is 16.9. The van der Waals surface area contributed by atoms with E-state index in [0.29, 0.717) is 29.8 Å². The first kappa shape index (κ1) is 21.3. The van der Waals surface area contributed by atoms with E-state index in [0.717, 1.165) is 17.5 Å². The Labute approximate surface area is 182 Å². The summed E-state index contributed by atoms with van der Waals surface area (Å²) in [7, 11) is 1.63. The summed E-state index contributed by atoms with van der Waals surface area (Å²) in [6.07, 6.45) is 2.53. The molecule has 2 N–H and O–H groups in total. The molecular weight excluding hydrogens is 394 g/mol. The van der Waals surface area contributed by atoms with Gasteiger partial charge in [0.25, 0.3) is 0 Å². The van der Waals surface area contributed by atoms with Gasteiger partial charge in [-0.25, -0.2) is 0 Å². The number of benzene rings is 3. The van der Waals surface area contributed by atoms with E-state index in [9.17, 15) is 0 Å². The lowest BCUT2D eigenvalue weighted by Gasteiger charge is -2.11. The highest BCUT2D eigenvalue weighted by Gasteiger charge is 2.05. The van der Waals surface area contributed by atoms with E-state index in [1.807, 2.05) is 66.7 Å². The van der Waals surface area contributed by atoms with Gasteiger partial charge in [-0.15, -0.1) is 0 Å². The Morgan fingerprint density at radius 1 is 0.933 bits per heavy atom. The summed E-state index contributed by atoms with van der Waals surface area (Å²) in [6, 6.07) is 26.0. The first-order valence-electron chi connectivity index (χ1n) is 9.70. The Morgan fingerprint density at radius 3 is 2.33 bits per heavy atom. The van der Waals surface area contributed by atoms with E-state index in [4.69, 9.17) is 21.7 Å². The van der Waals surface area contributed by atoms with Crippen LogP contribution < -0.4 is 20.2 Å². The van der Waals surface area contributed by atoms with Crippen molar-refractivity contribution in [3.63, 3.8) is 0 Å². The number of thiocarbonyl (C=S) groups is 1. The number of hydrazone groups is 1. The summed E-state index contributed by atoms with van der Waals surface area (Å²) < 4.78 is 11.3. The molecule has 6 heteroatoms. The van der Waals surface area contributed by atoms with Crippen LogP contribution in [0.2, 0.25) is 0 Å². The Balaban J connectivity index is 1.48. The summed E-state index contributed by atoms with van der Waals surface area (Å²) in [5.41, 5.74) is 6.09. The molecule has 5 nitrogen and oxygen atoms in total. The average molecular weight is 420 g/mol. The van der Waals surface area contributed by atoms with E-state index in [1.54, 1.807) is 13.3 Å². The van der Waals surface area contributed by atoms with E-state index in [2.05, 4.69) is 28.0 Å². The van der Waals surface area contributed by atoms with Gasteiger partial charge >= 0.3 is 0 Å². The fraction of sp³-hybridized carbons (Fsp3) is 0.167. The molecule has 0 fully saturated rings. The van der Waals surface area contributed by atoms with Crippen LogP contribution in [0.3, 0.4) is 0 Å². The molecule has 0 bridgehead atoms. The van der Waals surface area contributed by atoms with Gasteiger partial charge in [0.05, 0.1) is 19.9 Å². The van der Waals surface area contributed by atoms with E-state index >= 15 is 0 Å². The molecule has 0 atom stereocenters. The summed E-state index contributed by atoms with van der Waals surface area (Å²) in [6.45, 7) is 1.22. The van der Waals surface area contributed by atoms with Crippen molar-refractivity contribution in [1.82, 2.24) is 10.7 Å². The molecule has 0 radical (unpaired) electrons. The van der Waals surface area contributed by atoms with Gasteiger partial charge in [0.15, 0.2) is 16.6 Å². The Bertz CT molecular complexity index is 963. The number of ether oxygens (including phenoxy) is 2. The van der Waals surface area contributed by atoms with Crippen molar-refractivity contribution in [3.05, 3.63) is 95.6 Å². The first-order chi connectivity index (χ1) is 14.7. The Hall–Kier alpha value is -3.38. The van der Waals surface area contributed by atoms with Crippen LogP contribution in [-0.2, 0) is 13.0 Å². The van der Waals surface area contributed by atoms with Gasteiger partial charge in [-0.1, -0.05) is 60.7 Å². The minimum Gasteiger partial charge on any atom is -0.493 e. The third-order valence-corrected chi connectivity index (χ3v) is 4.59. The molecule has 3 rings (SSSR count). The molecule has 154 valence electrons. The third-order valence-electron chi connectivity index (χ3n) is 4.35. The van der Waals surface area contributed by atoms with Crippen LogP contribution in [0.5, 0.6) is 11.5 Å². The molecule has 0 spiro atoms. The maximum Gasteiger partial charge on any atom is 0.187 e. The average Bonchev–Trinajstić information content (AvgIpc) is 2.80. The molecule has 0 aromatic heterocycles. The summed E-state index contributed by atoms with van der Waals surface area (Å²) in [5.74, 6) is 1.37. The van der Waals surface area contributed by atoms with Gasteiger partial charge in [0, 0.05) is 13.0 Å². The van der Waals surface area contributed by atoms with Crippen LogP contribution in [0, 0.1) is 0 Å². The summed E-state index contributed by atoms with van der Waals surface area (Å²) in [5, 5.41) is 7.76. The standard InChI is InChI=1S/C24H25N3O2S/c1-28-23-16-21(12-13-22(23)29-15-14-19-8-4-2-5-9-19)18-26-27-24(30)25-17-20-10-6-3-7-11-20/h2-13,16,18H,14-15,17H2,1H3,(H2,25,27,30)/b26-18+. The van der Waals surface area contributed by atoms with Gasteiger partial charge in [-0.05, 0) is 47.1 Å². The molecular formula is C24H25N3O2S. The van der Waals surface area contributed by atoms with Crippen LogP contribution >= 0.6 is 12.2 Å². The van der Waals surface area contributed by atoms with Gasteiger partial charge in [-0.2, -0.15) is 5.10 Å². The van der Waals surface area contributed by atoms with Crippen molar-refractivity contribution < 1.29 is 9.47 Å². The summed E-state index contributed by atoms with van der Waals surface area (Å²) >= 11 is 5.25. The third kappa shape index (κ3) is 6.90. The minimum absolute atomic E-state index is 0.461. The fourth-order valence-corrected chi connectivity index (χ4v) is 2.92. The molecule has 0 aliphatic heterocycles. The molecule has 3 aromatic rings. The molecule has 0 amide bonds. The summed E-state index contributed by atoms with van der Waals surface area (Å²) in [4.78, 5) is 0. The number of methoxy groups -OCH3 is 1. The van der Waals surface area contributed by atoms with Crippen LogP contribution in [0.15, 0.2) is 84.0 Å². The normalized spacial score (nSPS) is 10.6. The van der Waals surface area contributed by atoms with Crippen LogP contribution in [-0.4, -0.2) is 25.0 Å². The van der Waals surface area contributed by atoms with Gasteiger partial charge in [-0.3, -0.25) is 5.43 Å². The van der Waals surface area contributed by atoms with Gasteiger partial charge < -0.3 is 14.8 Å². The first-order valence-corrected chi connectivity index (χ1v) is 10.1. The van der Waals surface area contributed by atoms with Gasteiger partial charge in [0.2, 0.25) is 0 Å². The highest BCUT2D eigenvalue weighted by molar-refractivity contribution is 7.80. The van der Waals surface area contributed by atoms with E-state index in [-0.39, 0.29) is 0 Å². The topological polar surface area (TPSA) is 54.9 Å². The van der Waals surface area contributed by atoms with Crippen molar-refractivity contribution in [3.8, 4) is 11.5 Å². The molecule has 0 unspecified atom stereocenters. The van der Waals surface area contributed by atoms with Crippen LogP contribution in [0.1, 0.15) is 16.7 Å². The monoisotopic (exact) mass is 419 g/mol. The number of hydrogen-bond donors (Lipinski definition) is 2. The van der Waals surface area contributed by atoms with Crippen molar-refractivity contribution in [2.45, 2.75) is 13.0 Å². The molecule has 0 saturated heterocycles. The highest BCUT2D eigenvalue weighted by Crippen LogP contribution is 2.27. The quantitative estimate of drug-likeness (QED) is 0.307. The fourth-order valence-electron chi connectivity index (χ4n) is 2.79. The lowest BCUT2D eigenvalue weighted by atomic mass is 10.2. The van der Waals surface area contributed by atoms with Crippen molar-refractivity contribution in [2.24, 2.45) is 5.10 Å². The Kier molecular flexibility index (Phi) is 8.23. The largest absolute Gasteiger partial charge is 0.493 e. The predicted octanol–water partition coefficient (Wildman–Crippen LogP) is 4.31. The van der Waals surface area contributed by atoms with Crippen molar-refractivity contribution in [2.75, 3.05) is 13.7 Å². The SMILES string of the molecule is COc1cc(/C=N/NC(=S)NCc2ccccc2)ccc1OCCc1ccccc1. The second kappa shape index (κ2) is 11.6. The van der Waals surface area contributed by atoms with Crippen molar-refractivity contribution >= 4 is 23.5 Å². The van der Waals surface area contributed by atoms with Crippen LogP contribution in [0.25, 0.3) is 0 Å². The van der Waals surface area contributed by atoms with E-state index < -0.39 is 0 Å². The maximum atomic E-state index is 5.89. The zero-order valence-corrected chi connectivity index (χ0v) is 17.7. The second-order valence-electron chi connectivity index (χ2n) is 6.53. The lowest BCUT2D eigenvalue weighted by Crippen LogP contribution is -2.31. The predicted molar refractivity (Wildman–Crippen MR) is 125 cm³/mol.